The minimum absolute atomic E-state index is 0.0275. The van der Waals surface area contributed by atoms with Crippen LogP contribution in [0.3, 0.4) is 0 Å². The molecule has 2 radical (unpaired) electrons. The molecule has 0 aromatic rings. The maximum atomic E-state index is 12.8. The quantitative estimate of drug-likeness (QED) is 0.0554. The summed E-state index contributed by atoms with van der Waals surface area (Å²) in [5.74, 6) is 1.44. The molecular formula is C28H47BN4O8S. The van der Waals surface area contributed by atoms with Crippen molar-refractivity contribution in [2.45, 2.75) is 57.1 Å². The van der Waals surface area contributed by atoms with E-state index in [9.17, 15) is 19.2 Å². The van der Waals surface area contributed by atoms with Crippen LogP contribution in [0.15, 0.2) is 4.99 Å². The van der Waals surface area contributed by atoms with Crippen LogP contribution in [0.1, 0.15) is 51.9 Å². The van der Waals surface area contributed by atoms with Gasteiger partial charge in [0, 0.05) is 38.4 Å². The molecule has 1 saturated carbocycles. The van der Waals surface area contributed by atoms with Gasteiger partial charge in [0.25, 0.3) is 0 Å². The molecule has 42 heavy (non-hydrogen) atoms. The highest BCUT2D eigenvalue weighted by molar-refractivity contribution is 8.00. The van der Waals surface area contributed by atoms with Crippen molar-refractivity contribution in [2.24, 2.45) is 22.6 Å². The summed E-state index contributed by atoms with van der Waals surface area (Å²) < 4.78 is 21.2. The van der Waals surface area contributed by atoms with Gasteiger partial charge in [-0.25, -0.2) is 0 Å². The van der Waals surface area contributed by atoms with Crippen LogP contribution in [-0.2, 0) is 38.1 Å². The van der Waals surface area contributed by atoms with Crippen LogP contribution in [0, 0.1) is 11.8 Å². The molecule has 0 aromatic carbocycles. The first kappa shape index (κ1) is 36.2. The van der Waals surface area contributed by atoms with E-state index in [1.807, 2.05) is 6.92 Å². The summed E-state index contributed by atoms with van der Waals surface area (Å²) >= 11 is 1.53. The number of amidine groups is 1. The molecule has 1 atom stereocenters. The molecule has 2 fully saturated rings. The zero-order valence-corrected chi connectivity index (χ0v) is 25.7. The molecule has 3 N–H and O–H groups in total. The van der Waals surface area contributed by atoms with Crippen molar-refractivity contribution in [3.8, 4) is 0 Å². The third-order valence-electron chi connectivity index (χ3n) is 7.02. The number of aliphatic imine (C=N–C) groups is 1. The average molecular weight is 611 g/mol. The number of nitrogens with zero attached hydrogens (tertiary/aromatic N) is 2. The SMILES string of the molecule is [B]C(=O)COCCOCCOCCOCCNC(=O)C1CCC(CN2C(=O)CC(SCCCC(N)=NCC)C2=O)CC1. The second-order valence-electron chi connectivity index (χ2n) is 10.3. The Morgan fingerprint density at radius 1 is 1.00 bits per heavy atom. The predicted octanol–water partition coefficient (Wildman–Crippen LogP) is 0.689. The van der Waals surface area contributed by atoms with E-state index in [2.05, 4.69) is 10.3 Å². The van der Waals surface area contributed by atoms with Crippen LogP contribution in [0.5, 0.6) is 0 Å². The van der Waals surface area contributed by atoms with Gasteiger partial charge in [-0.1, -0.05) is 0 Å². The van der Waals surface area contributed by atoms with Crippen molar-refractivity contribution in [3.05, 3.63) is 0 Å². The number of amides is 3. The van der Waals surface area contributed by atoms with E-state index in [-0.39, 0.29) is 47.8 Å². The Balaban J connectivity index is 1.47. The fourth-order valence-electron chi connectivity index (χ4n) is 4.82. The molecule has 1 aliphatic heterocycles. The van der Waals surface area contributed by atoms with Crippen molar-refractivity contribution in [2.75, 3.05) is 78.2 Å². The average Bonchev–Trinajstić information content (AvgIpc) is 3.23. The van der Waals surface area contributed by atoms with Gasteiger partial charge in [-0.15, -0.1) is 11.8 Å². The molecule has 1 aliphatic carbocycles. The van der Waals surface area contributed by atoms with Crippen molar-refractivity contribution in [1.29, 1.82) is 0 Å². The van der Waals surface area contributed by atoms with Crippen LogP contribution in [0.2, 0.25) is 0 Å². The van der Waals surface area contributed by atoms with Crippen LogP contribution in [0.25, 0.3) is 0 Å². The fourth-order valence-corrected chi connectivity index (χ4v) is 5.95. The Kier molecular flexibility index (Phi) is 18.7. The van der Waals surface area contributed by atoms with Gasteiger partial charge in [0.1, 0.15) is 5.68 Å². The molecule has 3 amide bonds. The van der Waals surface area contributed by atoms with E-state index in [0.29, 0.717) is 78.1 Å². The van der Waals surface area contributed by atoms with Crippen LogP contribution >= 0.6 is 11.8 Å². The Bertz CT molecular complexity index is 873. The second-order valence-corrected chi connectivity index (χ2v) is 11.7. The van der Waals surface area contributed by atoms with Gasteiger partial charge in [-0.3, -0.25) is 24.3 Å². The minimum atomic E-state index is -0.510. The number of ether oxygens (including phenoxy) is 4. The first-order valence-electron chi connectivity index (χ1n) is 14.9. The highest BCUT2D eigenvalue weighted by atomic mass is 32.2. The zero-order chi connectivity index (χ0) is 30.6. The van der Waals surface area contributed by atoms with Crippen molar-refractivity contribution < 1.29 is 38.1 Å². The van der Waals surface area contributed by atoms with Gasteiger partial charge >= 0.3 is 0 Å². The molecule has 2 rings (SSSR count). The van der Waals surface area contributed by atoms with Crippen molar-refractivity contribution in [3.63, 3.8) is 0 Å². The molecule has 2 aliphatic rings. The van der Waals surface area contributed by atoms with E-state index >= 15 is 0 Å². The molecule has 14 heteroatoms. The van der Waals surface area contributed by atoms with Gasteiger partial charge in [0.05, 0.1) is 63.9 Å². The number of hydrogen-bond donors (Lipinski definition) is 2. The molecule has 0 bridgehead atoms. The van der Waals surface area contributed by atoms with Crippen molar-refractivity contribution >= 4 is 48.8 Å². The minimum Gasteiger partial charge on any atom is -0.387 e. The maximum Gasteiger partial charge on any atom is 0.242 e. The monoisotopic (exact) mass is 610 g/mol. The Morgan fingerprint density at radius 3 is 2.24 bits per heavy atom. The van der Waals surface area contributed by atoms with Crippen LogP contribution in [-0.4, -0.2) is 125 Å². The topological polar surface area (TPSA) is 159 Å². The number of carbonyl (C=O) groups is 4. The molecule has 1 heterocycles. The standard InChI is InChI=1S/C28H47BN4O8S/c1-2-31-25(30)4-3-17-42-23-18-26(35)33(28(23)37)19-21-5-7-22(8-6-21)27(36)32-9-10-38-11-12-39-13-14-40-15-16-41-20-24(29)34/h21-23H,2-20H2,1H3,(H2,30,31)(H,32,36). The van der Waals surface area contributed by atoms with E-state index in [1.165, 1.54) is 16.7 Å². The van der Waals surface area contributed by atoms with Gasteiger partial charge in [-0.05, 0) is 50.7 Å². The lowest BCUT2D eigenvalue weighted by Gasteiger charge is -2.30. The van der Waals surface area contributed by atoms with Crippen molar-refractivity contribution in [1.82, 2.24) is 10.2 Å². The molecule has 236 valence electrons. The van der Waals surface area contributed by atoms with E-state index in [1.54, 1.807) is 0 Å². The number of thioether (sulfide) groups is 1. The maximum absolute atomic E-state index is 12.8. The first-order valence-corrected chi connectivity index (χ1v) is 16.0. The number of imide groups is 1. The number of nitrogens with two attached hydrogens (primary N) is 1. The lowest BCUT2D eigenvalue weighted by atomic mass is 9.81. The third kappa shape index (κ3) is 14.9. The lowest BCUT2D eigenvalue weighted by Crippen LogP contribution is -2.39. The highest BCUT2D eigenvalue weighted by Gasteiger charge is 2.40. The van der Waals surface area contributed by atoms with Gasteiger partial charge in [-0.2, -0.15) is 0 Å². The first-order chi connectivity index (χ1) is 20.3. The summed E-state index contributed by atoms with van der Waals surface area (Å²) in [6.45, 7) is 6.10. The number of nitrogens with one attached hydrogen (secondary N) is 1. The predicted molar refractivity (Wildman–Crippen MR) is 161 cm³/mol. The van der Waals surface area contributed by atoms with Gasteiger partial charge in [0.2, 0.25) is 17.7 Å². The number of likely N-dealkylation sites (tertiary alicyclic amines) is 1. The lowest BCUT2D eigenvalue weighted by molar-refractivity contribution is -0.139. The molecule has 12 nitrogen and oxygen atoms in total. The van der Waals surface area contributed by atoms with E-state index < -0.39 is 5.68 Å². The summed E-state index contributed by atoms with van der Waals surface area (Å²) in [5, 5.41) is 2.63. The summed E-state index contributed by atoms with van der Waals surface area (Å²) in [6.07, 6.45) is 4.94. The van der Waals surface area contributed by atoms with Gasteiger partial charge in [0.15, 0.2) is 7.85 Å². The highest BCUT2D eigenvalue weighted by Crippen LogP contribution is 2.32. The number of hydrogen-bond acceptors (Lipinski definition) is 10. The fraction of sp³-hybridized carbons (Fsp3) is 0.821. The number of rotatable bonds is 23. The summed E-state index contributed by atoms with van der Waals surface area (Å²) in [4.78, 5) is 54.1. The Morgan fingerprint density at radius 2 is 1.62 bits per heavy atom. The summed E-state index contributed by atoms with van der Waals surface area (Å²) in [6, 6.07) is 0. The second kappa shape index (κ2) is 21.7. The number of carbonyl (C=O) groups excluding carboxylic acids is 4. The summed E-state index contributed by atoms with van der Waals surface area (Å²) in [7, 11) is 4.96. The van der Waals surface area contributed by atoms with Gasteiger partial charge < -0.3 is 34.8 Å². The molecule has 0 aromatic heterocycles. The Hall–Kier alpha value is -2.00. The molecular weight excluding hydrogens is 563 g/mol. The zero-order valence-electron chi connectivity index (χ0n) is 24.9. The van der Waals surface area contributed by atoms with E-state index in [4.69, 9.17) is 32.5 Å². The smallest absolute Gasteiger partial charge is 0.242 e. The Labute approximate surface area is 255 Å². The third-order valence-corrected chi connectivity index (χ3v) is 8.32. The van der Waals surface area contributed by atoms with Crippen LogP contribution in [0.4, 0.5) is 0 Å². The molecule has 0 spiro atoms. The molecule has 1 saturated heterocycles. The normalized spacial score (nSPS) is 21.2. The largest absolute Gasteiger partial charge is 0.387 e. The summed E-state index contributed by atoms with van der Waals surface area (Å²) in [5.41, 5.74) is 5.31. The van der Waals surface area contributed by atoms with E-state index in [0.717, 1.165) is 37.9 Å². The molecule has 1 unspecified atom stereocenters. The van der Waals surface area contributed by atoms with Crippen LogP contribution < -0.4 is 11.1 Å².